The third kappa shape index (κ3) is 1.56. The Kier molecular flexibility index (Phi) is 2.04. The van der Waals surface area contributed by atoms with Gasteiger partial charge in [-0.1, -0.05) is 6.08 Å². The zero-order valence-corrected chi connectivity index (χ0v) is 6.89. The number of nitrogens with zero attached hydrogens (tertiary/aromatic N) is 3. The van der Waals surface area contributed by atoms with Gasteiger partial charge in [-0.15, -0.1) is 0 Å². The maximum absolute atomic E-state index is 11.7. The summed E-state index contributed by atoms with van der Waals surface area (Å²) in [6, 6.07) is 3.63. The Balaban J connectivity index is 2.36. The van der Waals surface area contributed by atoms with Crippen LogP contribution in [0, 0.1) is 0 Å². The zero-order chi connectivity index (χ0) is 9.10. The Morgan fingerprint density at radius 1 is 1.46 bits per heavy atom. The minimum absolute atomic E-state index is 0.512. The van der Waals surface area contributed by atoms with E-state index < -0.39 is 0 Å². The standard InChI is InChI=1S/C9H8FN3/c10-5-1-2-8-4-7-13-9(12-8)3-6-11-13/h1,3-7H,2H2/b5-1+. The quantitative estimate of drug-likeness (QED) is 0.699. The topological polar surface area (TPSA) is 30.2 Å². The molecule has 66 valence electrons. The molecule has 0 bridgehead atoms. The monoisotopic (exact) mass is 177 g/mol. The summed E-state index contributed by atoms with van der Waals surface area (Å²) in [5, 5.41) is 4.00. The Bertz CT molecular complexity index is 433. The first-order chi connectivity index (χ1) is 6.40. The summed E-state index contributed by atoms with van der Waals surface area (Å²) in [4.78, 5) is 4.26. The van der Waals surface area contributed by atoms with Crippen LogP contribution >= 0.6 is 0 Å². The van der Waals surface area contributed by atoms with Crippen LogP contribution in [0.1, 0.15) is 5.69 Å². The molecule has 4 heteroatoms. The molecular weight excluding hydrogens is 169 g/mol. The van der Waals surface area contributed by atoms with Gasteiger partial charge in [-0.25, -0.2) is 13.9 Å². The van der Waals surface area contributed by atoms with Gasteiger partial charge < -0.3 is 0 Å². The summed E-state index contributed by atoms with van der Waals surface area (Å²) in [5.74, 6) is 0. The molecule has 2 rings (SSSR count). The van der Waals surface area contributed by atoms with Gasteiger partial charge in [0.1, 0.15) is 0 Å². The van der Waals surface area contributed by atoms with E-state index in [1.54, 1.807) is 10.7 Å². The summed E-state index contributed by atoms with van der Waals surface area (Å²) >= 11 is 0. The average Bonchev–Trinajstić information content (AvgIpc) is 2.61. The summed E-state index contributed by atoms with van der Waals surface area (Å²) in [7, 11) is 0. The maximum Gasteiger partial charge on any atom is 0.155 e. The van der Waals surface area contributed by atoms with Gasteiger partial charge in [0.15, 0.2) is 5.65 Å². The largest absolute Gasteiger partial charge is 0.233 e. The van der Waals surface area contributed by atoms with Crippen molar-refractivity contribution in [2.75, 3.05) is 0 Å². The van der Waals surface area contributed by atoms with E-state index in [0.29, 0.717) is 12.8 Å². The van der Waals surface area contributed by atoms with Crippen LogP contribution in [0.4, 0.5) is 4.39 Å². The molecule has 0 spiro atoms. The molecule has 0 saturated carbocycles. The molecule has 2 aromatic rings. The van der Waals surface area contributed by atoms with Crippen LogP contribution < -0.4 is 0 Å². The summed E-state index contributed by atoms with van der Waals surface area (Å²) < 4.78 is 13.4. The number of hydrogen-bond acceptors (Lipinski definition) is 2. The van der Waals surface area contributed by atoms with E-state index >= 15 is 0 Å². The van der Waals surface area contributed by atoms with Crippen LogP contribution in [0.5, 0.6) is 0 Å². The maximum atomic E-state index is 11.7. The van der Waals surface area contributed by atoms with Crippen molar-refractivity contribution in [1.82, 2.24) is 14.6 Å². The van der Waals surface area contributed by atoms with Crippen LogP contribution in [-0.4, -0.2) is 14.6 Å². The van der Waals surface area contributed by atoms with Crippen LogP contribution in [0.3, 0.4) is 0 Å². The molecule has 3 nitrogen and oxygen atoms in total. The Labute approximate surface area is 74.5 Å². The van der Waals surface area contributed by atoms with Crippen molar-refractivity contribution in [3.8, 4) is 0 Å². The molecule has 0 aliphatic rings. The summed E-state index contributed by atoms with van der Waals surface area (Å²) in [6.07, 6.45) is 5.95. The average molecular weight is 177 g/mol. The van der Waals surface area contributed by atoms with Crippen molar-refractivity contribution >= 4 is 5.65 Å². The van der Waals surface area contributed by atoms with E-state index in [0.717, 1.165) is 11.3 Å². The molecule has 0 fully saturated rings. The van der Waals surface area contributed by atoms with Crippen molar-refractivity contribution in [3.05, 3.63) is 42.6 Å². The van der Waals surface area contributed by atoms with Gasteiger partial charge in [-0.3, -0.25) is 0 Å². The molecule has 0 aromatic carbocycles. The number of aromatic nitrogens is 3. The summed E-state index contributed by atoms with van der Waals surface area (Å²) in [6.45, 7) is 0. The van der Waals surface area contributed by atoms with E-state index in [-0.39, 0.29) is 0 Å². The van der Waals surface area contributed by atoms with E-state index in [2.05, 4.69) is 10.1 Å². The SMILES string of the molecule is F/C=C/Cc1ccn2nccc2n1. The molecule has 0 N–H and O–H groups in total. The Hall–Kier alpha value is -1.71. The van der Waals surface area contributed by atoms with E-state index in [1.807, 2.05) is 18.3 Å². The molecule has 0 aliphatic heterocycles. The van der Waals surface area contributed by atoms with Gasteiger partial charge in [-0.2, -0.15) is 5.10 Å². The minimum Gasteiger partial charge on any atom is -0.233 e. The van der Waals surface area contributed by atoms with Crippen LogP contribution in [0.2, 0.25) is 0 Å². The van der Waals surface area contributed by atoms with Crippen LogP contribution in [0.25, 0.3) is 5.65 Å². The van der Waals surface area contributed by atoms with Gasteiger partial charge >= 0.3 is 0 Å². The van der Waals surface area contributed by atoms with E-state index in [9.17, 15) is 4.39 Å². The third-order valence-corrected chi connectivity index (χ3v) is 1.73. The zero-order valence-electron chi connectivity index (χ0n) is 6.89. The Morgan fingerprint density at radius 2 is 2.38 bits per heavy atom. The van der Waals surface area contributed by atoms with Crippen molar-refractivity contribution in [3.63, 3.8) is 0 Å². The number of hydrogen-bond donors (Lipinski definition) is 0. The van der Waals surface area contributed by atoms with Gasteiger partial charge in [-0.05, 0) is 6.07 Å². The molecule has 0 aliphatic carbocycles. The minimum atomic E-state index is 0.512. The highest BCUT2D eigenvalue weighted by Gasteiger charge is 1.95. The fraction of sp³-hybridized carbons (Fsp3) is 0.111. The number of fused-ring (bicyclic) bond motifs is 1. The van der Waals surface area contributed by atoms with Gasteiger partial charge in [0.05, 0.1) is 12.5 Å². The fourth-order valence-electron chi connectivity index (χ4n) is 1.13. The lowest BCUT2D eigenvalue weighted by Gasteiger charge is -1.96. The second-order valence-electron chi connectivity index (χ2n) is 2.62. The molecular formula is C9H8FN3. The van der Waals surface area contributed by atoms with Crippen molar-refractivity contribution in [2.24, 2.45) is 0 Å². The molecule has 0 atom stereocenters. The molecule has 2 heterocycles. The fourth-order valence-corrected chi connectivity index (χ4v) is 1.13. The van der Waals surface area contributed by atoms with Crippen molar-refractivity contribution in [2.45, 2.75) is 6.42 Å². The van der Waals surface area contributed by atoms with Gasteiger partial charge in [0.25, 0.3) is 0 Å². The lowest BCUT2D eigenvalue weighted by atomic mass is 10.3. The number of rotatable bonds is 2. The molecule has 0 radical (unpaired) electrons. The van der Waals surface area contributed by atoms with Crippen molar-refractivity contribution in [1.29, 1.82) is 0 Å². The normalized spacial score (nSPS) is 11.5. The first-order valence-corrected chi connectivity index (χ1v) is 3.94. The smallest absolute Gasteiger partial charge is 0.155 e. The second kappa shape index (κ2) is 3.35. The highest BCUT2D eigenvalue weighted by atomic mass is 19.1. The molecule has 0 amide bonds. The van der Waals surface area contributed by atoms with Crippen LogP contribution in [-0.2, 0) is 6.42 Å². The van der Waals surface area contributed by atoms with Crippen LogP contribution in [0.15, 0.2) is 36.9 Å². The predicted molar refractivity (Wildman–Crippen MR) is 46.9 cm³/mol. The molecule has 2 aromatic heterocycles. The Morgan fingerprint density at radius 3 is 3.23 bits per heavy atom. The van der Waals surface area contributed by atoms with Crippen molar-refractivity contribution < 1.29 is 4.39 Å². The highest BCUT2D eigenvalue weighted by Crippen LogP contribution is 2.02. The van der Waals surface area contributed by atoms with Gasteiger partial charge in [0, 0.05) is 24.4 Å². The number of halogens is 1. The van der Waals surface area contributed by atoms with E-state index in [4.69, 9.17) is 0 Å². The van der Waals surface area contributed by atoms with Gasteiger partial charge in [0.2, 0.25) is 0 Å². The molecule has 13 heavy (non-hydrogen) atoms. The lowest BCUT2D eigenvalue weighted by molar-refractivity contribution is 0.716. The second-order valence-corrected chi connectivity index (χ2v) is 2.62. The first-order valence-electron chi connectivity index (χ1n) is 3.94. The third-order valence-electron chi connectivity index (χ3n) is 1.73. The lowest BCUT2D eigenvalue weighted by Crippen LogP contribution is -1.93. The predicted octanol–water partition coefficient (Wildman–Crippen LogP) is 1.75. The first kappa shape index (κ1) is 7.91. The molecule has 0 unspecified atom stereocenters. The number of allylic oxidation sites excluding steroid dienone is 1. The highest BCUT2D eigenvalue weighted by molar-refractivity contribution is 5.36. The summed E-state index contributed by atoms with van der Waals surface area (Å²) in [5.41, 5.74) is 1.62. The van der Waals surface area contributed by atoms with E-state index in [1.165, 1.54) is 6.08 Å². The molecule has 0 saturated heterocycles.